The second-order valence-electron chi connectivity index (χ2n) is 7.56. The number of aliphatic hydroxyl groups excluding tert-OH is 1. The van der Waals surface area contributed by atoms with Crippen LogP contribution in [0.15, 0.2) is 65.6 Å². The van der Waals surface area contributed by atoms with E-state index in [1.165, 1.54) is 61.5 Å². The molecule has 192 valence electrons. The Morgan fingerprint density at radius 3 is 2.17 bits per heavy atom. The lowest BCUT2D eigenvalue weighted by Crippen LogP contribution is -2.24. The molecule has 0 saturated heterocycles. The first-order valence-corrected chi connectivity index (χ1v) is 12.9. The Morgan fingerprint density at radius 1 is 1.06 bits per heavy atom. The number of hydrogen-bond donors (Lipinski definition) is 2. The number of para-hydroxylation sites is 1. The van der Waals surface area contributed by atoms with Crippen molar-refractivity contribution in [3.63, 3.8) is 0 Å². The number of rotatable bonds is 8. The fraction of sp³-hybridized carbons (Fsp3) is 0.208. The zero-order chi connectivity index (χ0) is 26.7. The van der Waals surface area contributed by atoms with Crippen LogP contribution < -0.4 is 10.1 Å². The van der Waals surface area contributed by atoms with Crippen LogP contribution in [0.5, 0.6) is 5.75 Å². The molecule has 1 amide bonds. The van der Waals surface area contributed by atoms with Gasteiger partial charge in [0.1, 0.15) is 5.75 Å². The molecule has 3 aromatic rings. The van der Waals surface area contributed by atoms with Gasteiger partial charge in [-0.25, -0.2) is 8.42 Å². The largest absolute Gasteiger partial charge is 0.573 e. The first-order chi connectivity index (χ1) is 16.9. The third-order valence-corrected chi connectivity index (χ3v) is 7.56. The van der Waals surface area contributed by atoms with Crippen LogP contribution in [-0.2, 0) is 14.6 Å². The molecule has 3 rings (SSSR count). The van der Waals surface area contributed by atoms with Crippen molar-refractivity contribution < 1.29 is 36.2 Å². The van der Waals surface area contributed by atoms with Gasteiger partial charge in [0.25, 0.3) is 0 Å². The molecule has 2 N–H and O–H groups in total. The van der Waals surface area contributed by atoms with Crippen LogP contribution in [0.4, 0.5) is 18.9 Å². The molecule has 0 aliphatic rings. The van der Waals surface area contributed by atoms with Crippen molar-refractivity contribution >= 4 is 44.6 Å². The number of benzene rings is 3. The Balaban J connectivity index is 1.87. The summed E-state index contributed by atoms with van der Waals surface area (Å²) < 4.78 is 66.5. The zero-order valence-corrected chi connectivity index (χ0v) is 21.0. The first-order valence-electron chi connectivity index (χ1n) is 10.4. The number of carbonyl (C=O) groups excluding carboxylic acids is 1. The number of amides is 1. The Hall–Kier alpha value is -2.79. The summed E-state index contributed by atoms with van der Waals surface area (Å²) in [5.74, 6) is -2.26. The SMILES string of the molecule is CCS(=O)(=O)c1ccc(C(CO)C(=O)Nc2cc(Cl)c(-c3ccccc3OC(F)(F)F)c(Cl)c2)cc1. The molecule has 0 aromatic heterocycles. The van der Waals surface area contributed by atoms with Gasteiger partial charge in [-0.3, -0.25) is 4.79 Å². The number of hydrogen-bond acceptors (Lipinski definition) is 5. The van der Waals surface area contributed by atoms with Gasteiger partial charge in [-0.05, 0) is 35.9 Å². The fourth-order valence-corrected chi connectivity index (χ4v) is 5.01. The molecule has 6 nitrogen and oxygen atoms in total. The molecule has 0 heterocycles. The number of aliphatic hydroxyl groups is 1. The lowest BCUT2D eigenvalue weighted by Gasteiger charge is -2.18. The van der Waals surface area contributed by atoms with Crippen molar-refractivity contribution in [2.24, 2.45) is 0 Å². The molecule has 3 aromatic carbocycles. The van der Waals surface area contributed by atoms with E-state index in [2.05, 4.69) is 10.1 Å². The highest BCUT2D eigenvalue weighted by Gasteiger charge is 2.32. The highest BCUT2D eigenvalue weighted by molar-refractivity contribution is 7.91. The number of nitrogens with one attached hydrogen (secondary N) is 1. The maximum absolute atomic E-state index is 12.8. The van der Waals surface area contributed by atoms with E-state index in [1.54, 1.807) is 0 Å². The van der Waals surface area contributed by atoms with Crippen LogP contribution in [0.2, 0.25) is 10.0 Å². The molecule has 0 fully saturated rings. The Labute approximate surface area is 215 Å². The molecular formula is C24H20Cl2F3NO5S. The van der Waals surface area contributed by atoms with Gasteiger partial charge in [0.05, 0.1) is 33.2 Å². The molecular weight excluding hydrogens is 542 g/mol. The summed E-state index contributed by atoms with van der Waals surface area (Å²) in [7, 11) is -3.43. The number of ether oxygens (including phenoxy) is 1. The summed E-state index contributed by atoms with van der Waals surface area (Å²) in [4.78, 5) is 12.9. The van der Waals surface area contributed by atoms with Crippen molar-refractivity contribution in [2.75, 3.05) is 17.7 Å². The molecule has 0 radical (unpaired) electrons. The van der Waals surface area contributed by atoms with E-state index >= 15 is 0 Å². The summed E-state index contributed by atoms with van der Waals surface area (Å²) >= 11 is 12.6. The molecule has 12 heteroatoms. The molecule has 1 unspecified atom stereocenters. The summed E-state index contributed by atoms with van der Waals surface area (Å²) in [6, 6.07) is 13.5. The van der Waals surface area contributed by atoms with E-state index in [0.717, 1.165) is 6.07 Å². The highest BCUT2D eigenvalue weighted by Crippen LogP contribution is 2.42. The third-order valence-electron chi connectivity index (χ3n) is 5.21. The van der Waals surface area contributed by atoms with Gasteiger partial charge >= 0.3 is 6.36 Å². The van der Waals surface area contributed by atoms with E-state index in [9.17, 15) is 31.5 Å². The Kier molecular flexibility index (Phi) is 8.55. The maximum atomic E-state index is 12.8. The van der Waals surface area contributed by atoms with Gasteiger partial charge in [0.2, 0.25) is 5.91 Å². The van der Waals surface area contributed by atoms with Crippen molar-refractivity contribution in [3.8, 4) is 16.9 Å². The standard InChI is InChI=1S/C24H20Cl2F3NO5S/c1-2-36(33,34)16-9-7-14(8-10-16)18(13-31)23(32)30-15-11-19(25)22(20(26)12-15)17-5-3-4-6-21(17)35-24(27,28)29/h3-12,18,31H,2,13H2,1H3,(H,30,32). The lowest BCUT2D eigenvalue weighted by molar-refractivity contribution is -0.274. The second-order valence-corrected chi connectivity index (χ2v) is 10.6. The lowest BCUT2D eigenvalue weighted by atomic mass is 9.99. The predicted molar refractivity (Wildman–Crippen MR) is 131 cm³/mol. The summed E-state index contributed by atoms with van der Waals surface area (Å²) in [6.45, 7) is 0.935. The minimum absolute atomic E-state index is 0.00180. The molecule has 36 heavy (non-hydrogen) atoms. The van der Waals surface area contributed by atoms with Crippen LogP contribution in [0.3, 0.4) is 0 Å². The number of anilines is 1. The summed E-state index contributed by atoms with van der Waals surface area (Å²) in [5, 5.41) is 12.3. The van der Waals surface area contributed by atoms with Crippen molar-refractivity contribution in [1.82, 2.24) is 0 Å². The average Bonchev–Trinajstić information content (AvgIpc) is 2.79. The maximum Gasteiger partial charge on any atom is 0.573 e. The van der Waals surface area contributed by atoms with E-state index < -0.39 is 40.4 Å². The third kappa shape index (κ3) is 6.50. The minimum Gasteiger partial charge on any atom is -0.405 e. The van der Waals surface area contributed by atoms with Crippen LogP contribution >= 0.6 is 23.2 Å². The van der Waals surface area contributed by atoms with E-state index in [1.807, 2.05) is 0 Å². The van der Waals surface area contributed by atoms with E-state index in [0.29, 0.717) is 5.56 Å². The topological polar surface area (TPSA) is 92.7 Å². The predicted octanol–water partition coefficient (Wildman–Crippen LogP) is 6.07. The molecule has 0 saturated carbocycles. The highest BCUT2D eigenvalue weighted by atomic mass is 35.5. The number of alkyl halides is 3. The number of carbonyl (C=O) groups is 1. The van der Waals surface area contributed by atoms with E-state index in [4.69, 9.17) is 23.2 Å². The van der Waals surface area contributed by atoms with Gasteiger partial charge in [-0.15, -0.1) is 13.2 Å². The minimum atomic E-state index is -4.93. The van der Waals surface area contributed by atoms with Crippen molar-refractivity contribution in [2.45, 2.75) is 24.1 Å². The van der Waals surface area contributed by atoms with Gasteiger partial charge < -0.3 is 15.2 Å². The van der Waals surface area contributed by atoms with E-state index in [-0.39, 0.29) is 37.5 Å². The van der Waals surface area contributed by atoms with Gasteiger partial charge in [-0.1, -0.05) is 60.5 Å². The Morgan fingerprint density at radius 2 is 1.64 bits per heavy atom. The molecule has 1 atom stereocenters. The monoisotopic (exact) mass is 561 g/mol. The normalized spacial score (nSPS) is 12.8. The van der Waals surface area contributed by atoms with Crippen LogP contribution in [0, 0.1) is 0 Å². The smallest absolute Gasteiger partial charge is 0.405 e. The summed E-state index contributed by atoms with van der Waals surface area (Å²) in [5.41, 5.74) is 0.578. The zero-order valence-electron chi connectivity index (χ0n) is 18.6. The van der Waals surface area contributed by atoms with Gasteiger partial charge in [0, 0.05) is 16.8 Å². The average molecular weight is 562 g/mol. The summed E-state index contributed by atoms with van der Waals surface area (Å²) in [6.07, 6.45) is -4.93. The number of halogens is 5. The molecule has 0 bridgehead atoms. The number of sulfone groups is 1. The van der Waals surface area contributed by atoms with Crippen LogP contribution in [0.25, 0.3) is 11.1 Å². The molecule has 0 aliphatic heterocycles. The molecule has 0 spiro atoms. The fourth-order valence-electron chi connectivity index (χ4n) is 3.43. The quantitative estimate of drug-likeness (QED) is 0.348. The van der Waals surface area contributed by atoms with Crippen molar-refractivity contribution in [3.05, 3.63) is 76.3 Å². The van der Waals surface area contributed by atoms with Crippen molar-refractivity contribution in [1.29, 1.82) is 0 Å². The van der Waals surface area contributed by atoms with Crippen LogP contribution in [0.1, 0.15) is 18.4 Å². The molecule has 0 aliphatic carbocycles. The van der Waals surface area contributed by atoms with Gasteiger partial charge in [-0.2, -0.15) is 0 Å². The van der Waals surface area contributed by atoms with Gasteiger partial charge in [0.15, 0.2) is 9.84 Å². The second kappa shape index (κ2) is 11.1. The Bertz CT molecular complexity index is 1340. The van der Waals surface area contributed by atoms with Crippen LogP contribution in [-0.4, -0.2) is 38.2 Å². The first kappa shape index (κ1) is 27.8.